The Hall–Kier alpha value is -0.610. The fourth-order valence-corrected chi connectivity index (χ4v) is 1.89. The van der Waals surface area contributed by atoms with Crippen molar-refractivity contribution in [2.45, 2.75) is 52.5 Å². The third-order valence-corrected chi connectivity index (χ3v) is 3.48. The van der Waals surface area contributed by atoms with Gasteiger partial charge in [-0.2, -0.15) is 0 Å². The number of carbonyl (C=O) groups is 1. The Bertz CT molecular complexity index is 257. The molecule has 0 amide bonds. The molecule has 0 radical (unpaired) electrons. The average molecular weight is 272 g/mol. The summed E-state index contributed by atoms with van der Waals surface area (Å²) < 4.78 is 4.92. The van der Waals surface area contributed by atoms with Crippen LogP contribution >= 0.6 is 0 Å². The number of rotatable bonds is 10. The van der Waals surface area contributed by atoms with E-state index in [4.69, 9.17) is 4.74 Å². The summed E-state index contributed by atoms with van der Waals surface area (Å²) in [5.41, 5.74) is -0.573. The zero-order valence-corrected chi connectivity index (χ0v) is 13.6. The van der Waals surface area contributed by atoms with Crippen LogP contribution in [0.5, 0.6) is 0 Å². The maximum absolute atomic E-state index is 11.9. The molecule has 0 aromatic heterocycles. The van der Waals surface area contributed by atoms with E-state index in [-0.39, 0.29) is 5.97 Å². The van der Waals surface area contributed by atoms with Crippen LogP contribution in [0.2, 0.25) is 0 Å². The van der Waals surface area contributed by atoms with Gasteiger partial charge in [-0.1, -0.05) is 20.8 Å². The number of hydrogen-bond donors (Lipinski definition) is 1. The zero-order valence-electron chi connectivity index (χ0n) is 13.6. The minimum absolute atomic E-state index is 0.168. The molecule has 0 aliphatic rings. The van der Waals surface area contributed by atoms with E-state index in [0.29, 0.717) is 5.92 Å². The van der Waals surface area contributed by atoms with Gasteiger partial charge < -0.3 is 15.0 Å². The van der Waals surface area contributed by atoms with Crippen LogP contribution < -0.4 is 5.32 Å². The monoisotopic (exact) mass is 272 g/mol. The highest BCUT2D eigenvalue weighted by atomic mass is 16.5. The topological polar surface area (TPSA) is 41.6 Å². The van der Waals surface area contributed by atoms with E-state index in [1.54, 1.807) is 0 Å². The van der Waals surface area contributed by atoms with Crippen molar-refractivity contribution in [3.8, 4) is 0 Å². The van der Waals surface area contributed by atoms with Crippen molar-refractivity contribution < 1.29 is 9.53 Å². The van der Waals surface area contributed by atoms with Crippen molar-refractivity contribution in [2.75, 3.05) is 33.8 Å². The first kappa shape index (κ1) is 18.4. The van der Waals surface area contributed by atoms with Crippen LogP contribution in [0.4, 0.5) is 0 Å². The highest BCUT2D eigenvalue weighted by molar-refractivity contribution is 5.80. The summed E-state index contributed by atoms with van der Waals surface area (Å²) in [5.74, 6) is 0.547. The molecule has 19 heavy (non-hydrogen) atoms. The number of methoxy groups -OCH3 is 1. The molecule has 0 rings (SSSR count). The van der Waals surface area contributed by atoms with Crippen LogP contribution in [-0.2, 0) is 9.53 Å². The largest absolute Gasteiger partial charge is 0.468 e. The summed E-state index contributed by atoms with van der Waals surface area (Å²) in [7, 11) is 3.57. The molecular weight excluding hydrogens is 240 g/mol. The Labute approximate surface area is 118 Å². The van der Waals surface area contributed by atoms with E-state index < -0.39 is 5.54 Å². The standard InChI is InChI=1S/C15H32N2O2/c1-7-10-16-15(4,14(18)19-6)9-12-17(5)11-8-13(2)3/h13,16H,7-12H2,1-6H3. The number of ether oxygens (including phenoxy) is 1. The van der Waals surface area contributed by atoms with Crippen LogP contribution in [-0.4, -0.2) is 50.2 Å². The van der Waals surface area contributed by atoms with Gasteiger partial charge in [-0.3, -0.25) is 4.79 Å². The van der Waals surface area contributed by atoms with E-state index in [1.165, 1.54) is 13.5 Å². The molecule has 1 unspecified atom stereocenters. The fourth-order valence-electron chi connectivity index (χ4n) is 1.89. The van der Waals surface area contributed by atoms with Crippen molar-refractivity contribution in [3.05, 3.63) is 0 Å². The van der Waals surface area contributed by atoms with Gasteiger partial charge in [0.05, 0.1) is 7.11 Å². The lowest BCUT2D eigenvalue weighted by molar-refractivity contribution is -0.148. The number of esters is 1. The highest BCUT2D eigenvalue weighted by Gasteiger charge is 2.33. The van der Waals surface area contributed by atoms with Gasteiger partial charge >= 0.3 is 5.97 Å². The molecule has 4 nitrogen and oxygen atoms in total. The summed E-state index contributed by atoms with van der Waals surface area (Å²) in [4.78, 5) is 14.2. The first-order chi connectivity index (χ1) is 8.85. The minimum atomic E-state index is -0.573. The maximum Gasteiger partial charge on any atom is 0.325 e. The molecule has 0 spiro atoms. The summed E-state index contributed by atoms with van der Waals surface area (Å²) in [6.07, 6.45) is 2.97. The van der Waals surface area contributed by atoms with E-state index in [1.807, 2.05) is 6.92 Å². The van der Waals surface area contributed by atoms with Crippen LogP contribution in [0.25, 0.3) is 0 Å². The Balaban J connectivity index is 4.29. The van der Waals surface area contributed by atoms with Gasteiger partial charge in [0, 0.05) is 6.54 Å². The summed E-state index contributed by atoms with van der Waals surface area (Å²) in [5, 5.41) is 3.32. The van der Waals surface area contributed by atoms with Crippen LogP contribution in [0.1, 0.15) is 47.0 Å². The Morgan fingerprint density at radius 1 is 1.37 bits per heavy atom. The number of nitrogens with zero attached hydrogens (tertiary/aromatic N) is 1. The van der Waals surface area contributed by atoms with Gasteiger partial charge in [0.25, 0.3) is 0 Å². The summed E-state index contributed by atoms with van der Waals surface area (Å²) in [6, 6.07) is 0. The number of nitrogens with one attached hydrogen (secondary N) is 1. The summed E-state index contributed by atoms with van der Waals surface area (Å²) in [6.45, 7) is 11.3. The lowest BCUT2D eigenvalue weighted by Crippen LogP contribution is -2.52. The maximum atomic E-state index is 11.9. The predicted molar refractivity (Wildman–Crippen MR) is 80.3 cm³/mol. The third kappa shape index (κ3) is 7.53. The van der Waals surface area contributed by atoms with E-state index >= 15 is 0 Å². The van der Waals surface area contributed by atoms with E-state index in [0.717, 1.165) is 32.5 Å². The van der Waals surface area contributed by atoms with E-state index in [9.17, 15) is 4.79 Å². The molecule has 1 N–H and O–H groups in total. The second-order valence-corrected chi connectivity index (χ2v) is 5.99. The van der Waals surface area contributed by atoms with Crippen LogP contribution in [0.3, 0.4) is 0 Å². The Morgan fingerprint density at radius 2 is 2.00 bits per heavy atom. The minimum Gasteiger partial charge on any atom is -0.468 e. The molecule has 0 fully saturated rings. The third-order valence-electron chi connectivity index (χ3n) is 3.48. The molecule has 0 bridgehead atoms. The molecule has 1 atom stereocenters. The van der Waals surface area contributed by atoms with Crippen LogP contribution in [0, 0.1) is 5.92 Å². The SMILES string of the molecule is CCCNC(C)(CCN(C)CCC(C)C)C(=O)OC. The smallest absolute Gasteiger partial charge is 0.325 e. The van der Waals surface area contributed by atoms with Crippen LogP contribution in [0.15, 0.2) is 0 Å². The lowest BCUT2D eigenvalue weighted by Gasteiger charge is -2.30. The van der Waals surface area contributed by atoms with Gasteiger partial charge in [-0.25, -0.2) is 0 Å². The van der Waals surface area contributed by atoms with Crippen molar-refractivity contribution in [1.82, 2.24) is 10.2 Å². The molecular formula is C15H32N2O2. The van der Waals surface area contributed by atoms with Crippen molar-refractivity contribution in [1.29, 1.82) is 0 Å². The molecule has 0 aromatic carbocycles. The molecule has 0 aliphatic heterocycles. The van der Waals surface area contributed by atoms with Crippen molar-refractivity contribution >= 4 is 5.97 Å². The second kappa shape index (κ2) is 9.32. The van der Waals surface area contributed by atoms with Crippen molar-refractivity contribution in [3.63, 3.8) is 0 Å². The molecule has 0 aromatic rings. The zero-order chi connectivity index (χ0) is 14.9. The molecule has 0 heterocycles. The molecule has 114 valence electrons. The fraction of sp³-hybridized carbons (Fsp3) is 0.933. The quantitative estimate of drug-likeness (QED) is 0.620. The molecule has 0 saturated heterocycles. The first-order valence-electron chi connectivity index (χ1n) is 7.37. The average Bonchev–Trinajstić information content (AvgIpc) is 2.39. The van der Waals surface area contributed by atoms with Gasteiger partial charge in [-0.15, -0.1) is 0 Å². The number of hydrogen-bond acceptors (Lipinski definition) is 4. The normalized spacial score (nSPS) is 14.7. The van der Waals surface area contributed by atoms with Crippen molar-refractivity contribution in [2.24, 2.45) is 5.92 Å². The predicted octanol–water partition coefficient (Wildman–Crippen LogP) is 2.29. The summed E-state index contributed by atoms with van der Waals surface area (Å²) >= 11 is 0. The van der Waals surface area contributed by atoms with Gasteiger partial charge in [0.1, 0.15) is 5.54 Å². The van der Waals surface area contributed by atoms with Gasteiger partial charge in [-0.05, 0) is 52.2 Å². The Morgan fingerprint density at radius 3 is 2.47 bits per heavy atom. The second-order valence-electron chi connectivity index (χ2n) is 5.99. The lowest BCUT2D eigenvalue weighted by atomic mass is 9.97. The van der Waals surface area contributed by atoms with E-state index in [2.05, 4.69) is 38.0 Å². The molecule has 0 aliphatic carbocycles. The molecule has 0 saturated carbocycles. The molecule has 4 heteroatoms. The van der Waals surface area contributed by atoms with Gasteiger partial charge in [0.15, 0.2) is 0 Å². The highest BCUT2D eigenvalue weighted by Crippen LogP contribution is 2.13. The Kier molecular flexibility index (Phi) is 9.02. The van der Waals surface area contributed by atoms with Gasteiger partial charge in [0.2, 0.25) is 0 Å². The number of carbonyl (C=O) groups excluding carboxylic acids is 1. The first-order valence-corrected chi connectivity index (χ1v) is 7.37.